The summed E-state index contributed by atoms with van der Waals surface area (Å²) in [5, 5.41) is 0. The van der Waals surface area contributed by atoms with Gasteiger partial charge in [-0.05, 0) is 50.2 Å². The van der Waals surface area contributed by atoms with Gasteiger partial charge in [0.1, 0.15) is 5.69 Å². The van der Waals surface area contributed by atoms with Crippen LogP contribution < -0.4 is 0 Å². The van der Waals surface area contributed by atoms with Crippen LogP contribution in [0.3, 0.4) is 0 Å². The first kappa shape index (κ1) is 19.6. The van der Waals surface area contributed by atoms with Crippen LogP contribution in [-0.4, -0.2) is 56.2 Å². The number of carbonyl (C=O) groups excluding carboxylic acids is 2. The molecule has 154 valence electrons. The molecule has 0 aliphatic carbocycles. The van der Waals surface area contributed by atoms with E-state index in [0.717, 1.165) is 62.4 Å². The molecule has 4 heterocycles. The van der Waals surface area contributed by atoms with Crippen molar-refractivity contribution in [1.29, 1.82) is 0 Å². The van der Waals surface area contributed by atoms with Crippen LogP contribution in [0.1, 0.15) is 60.2 Å². The molecule has 1 N–H and O–H groups in total. The number of aromatic amines is 1. The van der Waals surface area contributed by atoms with E-state index in [-0.39, 0.29) is 17.2 Å². The largest absolute Gasteiger partial charge is 0.354 e. The molecule has 0 atom stereocenters. The highest BCUT2D eigenvalue weighted by Crippen LogP contribution is 2.40. The van der Waals surface area contributed by atoms with Crippen LogP contribution in [0.15, 0.2) is 24.5 Å². The van der Waals surface area contributed by atoms with Crippen LogP contribution in [0.5, 0.6) is 0 Å². The molecule has 29 heavy (non-hydrogen) atoms. The number of amides is 2. The third-order valence-corrected chi connectivity index (χ3v) is 6.40. The molecule has 7 heteroatoms. The topological polar surface area (TPSA) is 82.2 Å². The van der Waals surface area contributed by atoms with Gasteiger partial charge >= 0.3 is 0 Å². The highest BCUT2D eigenvalue weighted by atomic mass is 16.2. The fraction of sp³-hybridized carbons (Fsp3) is 0.545. The highest BCUT2D eigenvalue weighted by Gasteiger charge is 2.42. The van der Waals surface area contributed by atoms with Crippen LogP contribution in [0, 0.1) is 12.3 Å². The molecule has 0 unspecified atom stereocenters. The molecule has 0 aromatic carbocycles. The monoisotopic (exact) mass is 395 g/mol. The average molecular weight is 396 g/mol. The number of hydrogen-bond donors (Lipinski definition) is 1. The van der Waals surface area contributed by atoms with Gasteiger partial charge in [0.15, 0.2) is 0 Å². The summed E-state index contributed by atoms with van der Waals surface area (Å²) in [7, 11) is 0. The Hall–Kier alpha value is -2.70. The zero-order chi connectivity index (χ0) is 20.4. The van der Waals surface area contributed by atoms with E-state index in [0.29, 0.717) is 18.7 Å². The summed E-state index contributed by atoms with van der Waals surface area (Å²) in [4.78, 5) is 41.1. The van der Waals surface area contributed by atoms with E-state index in [1.165, 1.54) is 0 Å². The minimum absolute atomic E-state index is 0.0817. The van der Waals surface area contributed by atoms with Crippen LogP contribution >= 0.6 is 0 Å². The molecule has 0 bridgehead atoms. The Balaban J connectivity index is 1.38. The first-order valence-corrected chi connectivity index (χ1v) is 10.5. The van der Waals surface area contributed by atoms with Gasteiger partial charge in [-0.2, -0.15) is 0 Å². The Kier molecular flexibility index (Phi) is 5.39. The molecule has 4 rings (SSSR count). The Morgan fingerprint density at radius 2 is 1.97 bits per heavy atom. The number of rotatable bonds is 4. The molecule has 0 radical (unpaired) electrons. The summed E-state index contributed by atoms with van der Waals surface area (Å²) in [6.45, 7) is 6.72. The first-order chi connectivity index (χ1) is 14.0. The van der Waals surface area contributed by atoms with Crippen molar-refractivity contribution >= 4 is 11.8 Å². The lowest BCUT2D eigenvalue weighted by molar-refractivity contribution is -0.139. The van der Waals surface area contributed by atoms with Crippen molar-refractivity contribution in [2.24, 2.45) is 5.41 Å². The number of aromatic nitrogens is 3. The highest BCUT2D eigenvalue weighted by molar-refractivity contribution is 5.92. The second-order valence-electron chi connectivity index (χ2n) is 8.44. The summed E-state index contributed by atoms with van der Waals surface area (Å²) >= 11 is 0. The Labute approximate surface area is 171 Å². The summed E-state index contributed by atoms with van der Waals surface area (Å²) in [6, 6.07) is 3.87. The lowest BCUT2D eigenvalue weighted by Gasteiger charge is -2.47. The second-order valence-corrected chi connectivity index (χ2v) is 8.44. The summed E-state index contributed by atoms with van der Waals surface area (Å²) < 4.78 is 0. The molecule has 0 saturated carbocycles. The van der Waals surface area contributed by atoms with Gasteiger partial charge in [0, 0.05) is 37.9 Å². The van der Waals surface area contributed by atoms with E-state index in [2.05, 4.69) is 21.9 Å². The molecule has 2 fully saturated rings. The zero-order valence-corrected chi connectivity index (χ0v) is 17.3. The summed E-state index contributed by atoms with van der Waals surface area (Å²) in [5.74, 6) is 0.271. The van der Waals surface area contributed by atoms with Crippen LogP contribution in [0.2, 0.25) is 0 Å². The normalized spacial score (nSPS) is 19.0. The van der Waals surface area contributed by atoms with Gasteiger partial charge in [-0.15, -0.1) is 0 Å². The maximum absolute atomic E-state index is 12.8. The number of likely N-dealkylation sites (tertiary alicyclic amines) is 2. The lowest BCUT2D eigenvalue weighted by Crippen LogP contribution is -2.52. The summed E-state index contributed by atoms with van der Waals surface area (Å²) in [6.07, 6.45) is 7.74. The number of H-pyrrole nitrogens is 1. The zero-order valence-electron chi connectivity index (χ0n) is 17.3. The van der Waals surface area contributed by atoms with Crippen molar-refractivity contribution in [3.63, 3.8) is 0 Å². The number of carbonyl (C=O) groups is 2. The van der Waals surface area contributed by atoms with Crippen molar-refractivity contribution in [1.82, 2.24) is 24.8 Å². The molecular weight excluding hydrogens is 366 g/mol. The van der Waals surface area contributed by atoms with Gasteiger partial charge in [-0.25, -0.2) is 0 Å². The molecule has 2 aliphatic heterocycles. The number of hydrogen-bond acceptors (Lipinski definition) is 4. The number of nitrogens with zero attached hydrogens (tertiary/aromatic N) is 4. The SMILES string of the molecule is CCc1ccc(C(=O)N2CCC3(CCC(=O)N(Cc4cnc(C)cn4)C3)CC2)[nH]1. The van der Waals surface area contributed by atoms with Crippen LogP contribution in [0.4, 0.5) is 0 Å². The molecule has 1 spiro atoms. The van der Waals surface area contributed by atoms with E-state index in [9.17, 15) is 9.59 Å². The van der Waals surface area contributed by atoms with Crippen molar-refractivity contribution in [2.45, 2.75) is 52.5 Å². The minimum atomic E-state index is 0.0817. The summed E-state index contributed by atoms with van der Waals surface area (Å²) in [5.41, 5.74) is 3.57. The van der Waals surface area contributed by atoms with Crippen molar-refractivity contribution in [2.75, 3.05) is 19.6 Å². The standard InChI is InChI=1S/C22H29N5O2/c1-3-17-4-5-19(25-17)21(29)26-10-8-22(9-11-26)7-6-20(28)27(15-22)14-18-13-23-16(2)12-24-18/h4-5,12-13,25H,3,6-11,14-15H2,1-2H3. The molecule has 2 saturated heterocycles. The molecule has 2 aliphatic rings. The quantitative estimate of drug-likeness (QED) is 0.863. The molecular formula is C22H29N5O2. The molecule has 2 aromatic rings. The van der Waals surface area contributed by atoms with Crippen LogP contribution in [-0.2, 0) is 17.8 Å². The lowest BCUT2D eigenvalue weighted by atomic mass is 9.72. The van der Waals surface area contributed by atoms with Crippen molar-refractivity contribution in [3.8, 4) is 0 Å². The molecule has 2 aromatic heterocycles. The second kappa shape index (κ2) is 7.97. The van der Waals surface area contributed by atoms with E-state index in [1.54, 1.807) is 12.4 Å². The first-order valence-electron chi connectivity index (χ1n) is 10.5. The Bertz CT molecular complexity index is 881. The van der Waals surface area contributed by atoms with Crippen molar-refractivity contribution in [3.05, 3.63) is 47.3 Å². The van der Waals surface area contributed by atoms with E-state index in [1.807, 2.05) is 28.9 Å². The molecule has 7 nitrogen and oxygen atoms in total. The fourth-order valence-corrected chi connectivity index (χ4v) is 4.48. The van der Waals surface area contributed by atoms with E-state index in [4.69, 9.17) is 0 Å². The maximum atomic E-state index is 12.8. The number of nitrogens with one attached hydrogen (secondary N) is 1. The Morgan fingerprint density at radius 3 is 2.62 bits per heavy atom. The van der Waals surface area contributed by atoms with Gasteiger partial charge in [-0.3, -0.25) is 19.6 Å². The van der Waals surface area contributed by atoms with Gasteiger partial charge in [0.25, 0.3) is 5.91 Å². The third kappa shape index (κ3) is 4.18. The van der Waals surface area contributed by atoms with Gasteiger partial charge < -0.3 is 14.8 Å². The molecule has 2 amide bonds. The maximum Gasteiger partial charge on any atom is 0.270 e. The smallest absolute Gasteiger partial charge is 0.270 e. The van der Waals surface area contributed by atoms with Gasteiger partial charge in [0.2, 0.25) is 5.91 Å². The number of aryl methyl sites for hydroxylation is 2. The van der Waals surface area contributed by atoms with Crippen molar-refractivity contribution < 1.29 is 9.59 Å². The van der Waals surface area contributed by atoms with Crippen LogP contribution in [0.25, 0.3) is 0 Å². The van der Waals surface area contributed by atoms with E-state index >= 15 is 0 Å². The third-order valence-electron chi connectivity index (χ3n) is 6.40. The van der Waals surface area contributed by atoms with Gasteiger partial charge in [0.05, 0.1) is 24.1 Å². The number of piperidine rings is 2. The predicted molar refractivity (Wildman–Crippen MR) is 109 cm³/mol. The van der Waals surface area contributed by atoms with Gasteiger partial charge in [-0.1, -0.05) is 6.92 Å². The fourth-order valence-electron chi connectivity index (χ4n) is 4.48. The van der Waals surface area contributed by atoms with E-state index < -0.39 is 0 Å². The average Bonchev–Trinajstić information content (AvgIpc) is 3.22. The minimum Gasteiger partial charge on any atom is -0.354 e. The Morgan fingerprint density at radius 1 is 1.17 bits per heavy atom. The predicted octanol–water partition coefficient (Wildman–Crippen LogP) is 2.72.